The molecule has 6 rings (SSSR count). The summed E-state index contributed by atoms with van der Waals surface area (Å²) in [5.41, 5.74) is 3.31. The van der Waals surface area contributed by atoms with Crippen molar-refractivity contribution >= 4 is 11.8 Å². The van der Waals surface area contributed by atoms with E-state index in [0.717, 1.165) is 43.1 Å². The number of amides is 2. The van der Waals surface area contributed by atoms with Gasteiger partial charge in [-0.15, -0.1) is 0 Å². The van der Waals surface area contributed by atoms with Gasteiger partial charge in [-0.2, -0.15) is 0 Å². The molecule has 3 saturated heterocycles. The third kappa shape index (κ3) is 2.93. The maximum atomic E-state index is 13.4. The third-order valence-electron chi connectivity index (χ3n) is 8.20. The number of carbonyl (C=O) groups is 2. The summed E-state index contributed by atoms with van der Waals surface area (Å²) < 4.78 is 0. The van der Waals surface area contributed by atoms with Crippen LogP contribution >= 0.6 is 0 Å². The van der Waals surface area contributed by atoms with Crippen LogP contribution in [0.4, 0.5) is 0 Å². The van der Waals surface area contributed by atoms with Crippen molar-refractivity contribution in [1.29, 1.82) is 0 Å². The molecule has 2 amide bonds. The minimum Gasteiger partial charge on any atom is -0.334 e. The van der Waals surface area contributed by atoms with Crippen LogP contribution in [0.15, 0.2) is 35.9 Å². The highest BCUT2D eigenvalue weighted by Crippen LogP contribution is 2.45. The molecule has 1 aliphatic carbocycles. The molecule has 5 aliphatic rings. The van der Waals surface area contributed by atoms with Gasteiger partial charge in [-0.05, 0) is 62.1 Å². The van der Waals surface area contributed by atoms with Crippen molar-refractivity contribution < 1.29 is 9.59 Å². The Balaban J connectivity index is 1.22. The van der Waals surface area contributed by atoms with Gasteiger partial charge in [0, 0.05) is 31.2 Å². The molecule has 5 nitrogen and oxygen atoms in total. The molecule has 0 spiro atoms. The summed E-state index contributed by atoms with van der Waals surface area (Å²) in [6.45, 7) is 3.96. The van der Waals surface area contributed by atoms with Crippen LogP contribution in [0.2, 0.25) is 0 Å². The van der Waals surface area contributed by atoms with Crippen LogP contribution < -0.4 is 0 Å². The number of hydrogen-bond acceptors (Lipinski definition) is 3. The Kier molecular flexibility index (Phi) is 4.48. The van der Waals surface area contributed by atoms with E-state index in [1.807, 2.05) is 24.3 Å². The molecule has 4 heterocycles. The van der Waals surface area contributed by atoms with E-state index in [-0.39, 0.29) is 24.4 Å². The van der Waals surface area contributed by atoms with Crippen LogP contribution in [0.5, 0.6) is 0 Å². The number of likely N-dealkylation sites (tertiary alicyclic amines) is 1. The van der Waals surface area contributed by atoms with Gasteiger partial charge >= 0.3 is 0 Å². The lowest BCUT2D eigenvalue weighted by atomic mass is 9.68. The summed E-state index contributed by atoms with van der Waals surface area (Å²) in [5.74, 6) is 1.37. The summed E-state index contributed by atoms with van der Waals surface area (Å²) in [5, 5.41) is 0. The Morgan fingerprint density at radius 1 is 1.10 bits per heavy atom. The van der Waals surface area contributed by atoms with Gasteiger partial charge in [0.2, 0.25) is 5.91 Å². The summed E-state index contributed by atoms with van der Waals surface area (Å²) >= 11 is 0. The molecule has 1 aromatic carbocycles. The number of hydrogen-bond donors (Lipinski definition) is 0. The molecule has 4 aliphatic heterocycles. The fourth-order valence-electron chi connectivity index (χ4n) is 6.95. The van der Waals surface area contributed by atoms with E-state index in [4.69, 9.17) is 0 Å². The monoisotopic (exact) mass is 405 g/mol. The molecule has 3 fully saturated rings. The summed E-state index contributed by atoms with van der Waals surface area (Å²) in [6.07, 6.45) is 10.0. The Morgan fingerprint density at radius 3 is 2.90 bits per heavy atom. The van der Waals surface area contributed by atoms with Gasteiger partial charge in [0.1, 0.15) is 6.54 Å². The maximum absolute atomic E-state index is 13.4. The number of carbonyl (C=O) groups excluding carboxylic acids is 2. The van der Waals surface area contributed by atoms with Crippen LogP contribution in [0.3, 0.4) is 0 Å². The molecule has 1 aromatic rings. The van der Waals surface area contributed by atoms with Crippen LogP contribution in [0, 0.1) is 11.8 Å². The fourth-order valence-corrected chi connectivity index (χ4v) is 6.95. The van der Waals surface area contributed by atoms with Gasteiger partial charge in [-0.1, -0.05) is 36.3 Å². The zero-order chi connectivity index (χ0) is 20.2. The fraction of sp³-hybridized carbons (Fsp3) is 0.600. The van der Waals surface area contributed by atoms with E-state index >= 15 is 0 Å². The predicted octanol–water partition coefficient (Wildman–Crippen LogP) is 3.06. The average Bonchev–Trinajstić information content (AvgIpc) is 3.09. The zero-order valence-electron chi connectivity index (χ0n) is 17.6. The van der Waals surface area contributed by atoms with Crippen LogP contribution in [-0.4, -0.2) is 64.8 Å². The lowest BCUT2D eigenvalue weighted by Gasteiger charge is -2.54. The zero-order valence-corrected chi connectivity index (χ0v) is 17.6. The largest absolute Gasteiger partial charge is 0.334 e. The molecule has 4 atom stereocenters. The number of fused-ring (bicyclic) bond motifs is 7. The second kappa shape index (κ2) is 7.23. The highest BCUT2D eigenvalue weighted by molar-refractivity contribution is 6.00. The number of benzene rings is 1. The normalized spacial score (nSPS) is 32.9. The third-order valence-corrected chi connectivity index (χ3v) is 8.20. The van der Waals surface area contributed by atoms with Crippen LogP contribution in [0.25, 0.3) is 0 Å². The lowest BCUT2D eigenvalue weighted by Crippen LogP contribution is -2.60. The lowest BCUT2D eigenvalue weighted by molar-refractivity contribution is -0.137. The van der Waals surface area contributed by atoms with Gasteiger partial charge in [0.25, 0.3) is 5.91 Å². The van der Waals surface area contributed by atoms with Gasteiger partial charge < -0.3 is 9.80 Å². The summed E-state index contributed by atoms with van der Waals surface area (Å²) in [6, 6.07) is 8.73. The summed E-state index contributed by atoms with van der Waals surface area (Å²) in [7, 11) is 0. The van der Waals surface area contributed by atoms with Crippen molar-refractivity contribution in [1.82, 2.24) is 14.7 Å². The molecule has 2 bridgehead atoms. The van der Waals surface area contributed by atoms with E-state index in [0.29, 0.717) is 18.4 Å². The Bertz CT molecular complexity index is 909. The second-order valence-electron chi connectivity index (χ2n) is 9.91. The van der Waals surface area contributed by atoms with Gasteiger partial charge in [0.05, 0.1) is 6.04 Å². The minimum atomic E-state index is 0.00394. The maximum Gasteiger partial charge on any atom is 0.254 e. The van der Waals surface area contributed by atoms with Crippen LogP contribution in [-0.2, 0) is 11.3 Å². The molecule has 5 heteroatoms. The van der Waals surface area contributed by atoms with E-state index in [1.54, 1.807) is 4.90 Å². The molecular formula is C25H31N3O2. The highest BCUT2D eigenvalue weighted by atomic mass is 16.2. The molecule has 30 heavy (non-hydrogen) atoms. The van der Waals surface area contributed by atoms with Crippen LogP contribution in [0.1, 0.15) is 54.4 Å². The Morgan fingerprint density at radius 2 is 2.00 bits per heavy atom. The molecule has 0 aromatic heterocycles. The van der Waals surface area contributed by atoms with Crippen molar-refractivity contribution in [2.45, 2.75) is 57.2 Å². The Hall–Kier alpha value is -2.14. The topological polar surface area (TPSA) is 43.9 Å². The Labute approximate surface area is 178 Å². The SMILES string of the molecule is O=C1c2ccccc2CN1CC(=O)N1CCCC2=C[C@H]3CC(CN4CCCCC34)C21. The van der Waals surface area contributed by atoms with E-state index in [1.165, 1.54) is 37.8 Å². The average molecular weight is 406 g/mol. The van der Waals surface area contributed by atoms with Crippen molar-refractivity contribution in [3.05, 3.63) is 47.0 Å². The molecular weight excluding hydrogens is 374 g/mol. The molecule has 158 valence electrons. The second-order valence-corrected chi connectivity index (χ2v) is 9.91. The van der Waals surface area contributed by atoms with Crippen molar-refractivity contribution in [3.63, 3.8) is 0 Å². The first-order valence-electron chi connectivity index (χ1n) is 11.8. The predicted molar refractivity (Wildman–Crippen MR) is 115 cm³/mol. The first-order chi connectivity index (χ1) is 14.7. The highest BCUT2D eigenvalue weighted by Gasteiger charge is 2.47. The number of piperidine rings is 3. The van der Waals surface area contributed by atoms with Crippen molar-refractivity contribution in [3.8, 4) is 0 Å². The minimum absolute atomic E-state index is 0.00394. The quantitative estimate of drug-likeness (QED) is 0.711. The molecule has 0 saturated carbocycles. The van der Waals surface area contributed by atoms with Gasteiger partial charge in [-0.3, -0.25) is 14.5 Å². The standard InChI is InChI=1S/C25H31N3O2/c29-23(16-27-14-18-6-1-2-8-21(18)25(27)30)28-11-5-7-17-12-19-13-20(24(17)28)15-26-10-4-3-9-22(19)26/h1-2,6,8,12,19-20,22,24H,3-5,7,9-11,13-16H2/t19-,20?,22?,24?/m0/s1. The van der Waals surface area contributed by atoms with Gasteiger partial charge in [-0.25, -0.2) is 0 Å². The van der Waals surface area contributed by atoms with E-state index < -0.39 is 0 Å². The van der Waals surface area contributed by atoms with E-state index in [9.17, 15) is 9.59 Å². The first kappa shape index (κ1) is 18.6. The van der Waals surface area contributed by atoms with Crippen molar-refractivity contribution in [2.75, 3.05) is 26.2 Å². The van der Waals surface area contributed by atoms with Gasteiger partial charge in [0.15, 0.2) is 0 Å². The van der Waals surface area contributed by atoms with E-state index in [2.05, 4.69) is 15.9 Å². The number of nitrogens with zero attached hydrogens (tertiary/aromatic N) is 3. The summed E-state index contributed by atoms with van der Waals surface area (Å²) in [4.78, 5) is 32.8. The molecule has 0 N–H and O–H groups in total. The molecule has 3 unspecified atom stereocenters. The first-order valence-corrected chi connectivity index (χ1v) is 11.8. The smallest absolute Gasteiger partial charge is 0.254 e. The molecule has 0 radical (unpaired) electrons. The number of rotatable bonds is 2. The van der Waals surface area contributed by atoms with Crippen molar-refractivity contribution in [2.24, 2.45) is 11.8 Å².